The van der Waals surface area contributed by atoms with Gasteiger partial charge >= 0.3 is 0 Å². The molecule has 0 aliphatic heterocycles. The van der Waals surface area contributed by atoms with E-state index in [1.54, 1.807) is 6.26 Å². The Labute approximate surface area is 182 Å². The van der Waals surface area contributed by atoms with Crippen molar-refractivity contribution >= 4 is 16.9 Å². The molecule has 3 aromatic heterocycles. The molecule has 7 heteroatoms. The van der Waals surface area contributed by atoms with Crippen molar-refractivity contribution in [3.05, 3.63) is 71.0 Å². The summed E-state index contributed by atoms with van der Waals surface area (Å²) in [6.07, 6.45) is 2.85. The van der Waals surface area contributed by atoms with E-state index < -0.39 is 5.41 Å². The number of aromatic nitrogens is 4. The average molecular weight is 420 g/mol. The molecule has 4 aromatic rings. The van der Waals surface area contributed by atoms with Crippen molar-refractivity contribution in [3.63, 3.8) is 0 Å². The monoisotopic (exact) mass is 419 g/mol. The van der Waals surface area contributed by atoms with Gasteiger partial charge in [-0.05, 0) is 49.7 Å². The summed E-state index contributed by atoms with van der Waals surface area (Å²) in [5, 5.41) is 13.1. The van der Waals surface area contributed by atoms with Gasteiger partial charge in [0.05, 0.1) is 23.1 Å². The van der Waals surface area contributed by atoms with E-state index in [9.17, 15) is 4.79 Å². The number of furan rings is 1. The van der Waals surface area contributed by atoms with Crippen LogP contribution in [0.25, 0.3) is 11.0 Å². The molecule has 0 unspecified atom stereocenters. The van der Waals surface area contributed by atoms with Crippen LogP contribution >= 0.6 is 0 Å². The highest BCUT2D eigenvalue weighted by Crippen LogP contribution is 2.29. The number of hydrogen-bond acceptors (Lipinski definition) is 4. The molecule has 0 bridgehead atoms. The minimum atomic E-state index is -0.653. The fourth-order valence-electron chi connectivity index (χ4n) is 4.20. The minimum Gasteiger partial charge on any atom is -0.464 e. The van der Waals surface area contributed by atoms with Crippen LogP contribution in [-0.4, -0.2) is 25.5 Å². The lowest BCUT2D eigenvalue weighted by Gasteiger charge is -2.28. The molecule has 3 heterocycles. The van der Waals surface area contributed by atoms with E-state index in [1.165, 1.54) is 0 Å². The van der Waals surface area contributed by atoms with Crippen LogP contribution in [0.5, 0.6) is 0 Å². The number of fused-ring (bicyclic) bond motifs is 1. The molecule has 0 radical (unpaired) electrons. The number of carbonyl (C=O) groups is 1. The van der Waals surface area contributed by atoms with Crippen molar-refractivity contribution in [2.45, 2.75) is 40.2 Å². The second-order valence-electron chi connectivity index (χ2n) is 8.69. The van der Waals surface area contributed by atoms with Gasteiger partial charge < -0.3 is 9.73 Å². The number of hydrogen-bond donors (Lipinski definition) is 1. The summed E-state index contributed by atoms with van der Waals surface area (Å²) < 4.78 is 9.13. The van der Waals surface area contributed by atoms with Gasteiger partial charge in [0.25, 0.3) is 0 Å². The number of carbonyl (C=O) groups excluding carboxylic acids is 1. The van der Waals surface area contributed by atoms with Crippen molar-refractivity contribution in [2.24, 2.45) is 19.5 Å². The zero-order valence-corrected chi connectivity index (χ0v) is 18.8. The Morgan fingerprint density at radius 3 is 2.16 bits per heavy atom. The van der Waals surface area contributed by atoms with Gasteiger partial charge in [0.15, 0.2) is 0 Å². The first-order valence-electron chi connectivity index (χ1n) is 10.5. The van der Waals surface area contributed by atoms with E-state index >= 15 is 0 Å². The molecule has 162 valence electrons. The van der Waals surface area contributed by atoms with Crippen LogP contribution in [0.3, 0.4) is 0 Å². The second-order valence-corrected chi connectivity index (χ2v) is 8.69. The maximum absolute atomic E-state index is 13.5. The number of nitrogens with zero attached hydrogens (tertiary/aromatic N) is 4. The molecule has 0 fully saturated rings. The summed E-state index contributed by atoms with van der Waals surface area (Å²) in [4.78, 5) is 13.5. The first-order valence-corrected chi connectivity index (χ1v) is 10.5. The Balaban J connectivity index is 1.57. The summed E-state index contributed by atoms with van der Waals surface area (Å²) >= 11 is 0. The molecule has 0 atom stereocenters. The van der Waals surface area contributed by atoms with Gasteiger partial charge in [-0.1, -0.05) is 13.0 Å². The van der Waals surface area contributed by atoms with E-state index in [1.807, 2.05) is 80.6 Å². The van der Waals surface area contributed by atoms with E-state index in [4.69, 9.17) is 4.42 Å². The molecule has 0 saturated carbocycles. The number of aryl methyl sites for hydroxylation is 4. The fraction of sp³-hybridized carbons (Fsp3) is 0.375. The van der Waals surface area contributed by atoms with Gasteiger partial charge in [0, 0.05) is 50.3 Å². The average Bonchev–Trinajstić information content (AvgIpc) is 3.38. The van der Waals surface area contributed by atoms with Crippen molar-refractivity contribution in [1.29, 1.82) is 0 Å². The van der Waals surface area contributed by atoms with Gasteiger partial charge in [0.1, 0.15) is 5.58 Å². The van der Waals surface area contributed by atoms with Crippen molar-refractivity contribution in [3.8, 4) is 0 Å². The van der Waals surface area contributed by atoms with Crippen LogP contribution in [0.4, 0.5) is 0 Å². The largest absolute Gasteiger partial charge is 0.464 e. The highest BCUT2D eigenvalue weighted by molar-refractivity contribution is 5.83. The molecule has 7 nitrogen and oxygen atoms in total. The van der Waals surface area contributed by atoms with E-state index in [2.05, 4.69) is 15.5 Å². The zero-order chi connectivity index (χ0) is 22.2. The molecule has 1 aromatic carbocycles. The second kappa shape index (κ2) is 8.06. The smallest absolute Gasteiger partial charge is 0.226 e. The van der Waals surface area contributed by atoms with E-state index in [-0.39, 0.29) is 5.91 Å². The summed E-state index contributed by atoms with van der Waals surface area (Å²) in [6.45, 7) is 6.42. The third kappa shape index (κ3) is 4.40. The third-order valence-electron chi connectivity index (χ3n) is 5.86. The van der Waals surface area contributed by atoms with E-state index in [0.717, 1.165) is 39.3 Å². The first-order chi connectivity index (χ1) is 14.7. The Morgan fingerprint density at radius 1 is 1.00 bits per heavy atom. The van der Waals surface area contributed by atoms with Crippen LogP contribution in [0, 0.1) is 19.3 Å². The quantitative estimate of drug-likeness (QED) is 0.496. The van der Waals surface area contributed by atoms with Crippen LogP contribution in [-0.2, 0) is 38.3 Å². The molecular weight excluding hydrogens is 390 g/mol. The number of amides is 1. The summed E-state index contributed by atoms with van der Waals surface area (Å²) in [7, 11) is 3.85. The summed E-state index contributed by atoms with van der Waals surface area (Å²) in [5.41, 5.74) is 5.20. The van der Waals surface area contributed by atoms with Crippen molar-refractivity contribution < 1.29 is 9.21 Å². The lowest BCUT2D eigenvalue weighted by molar-refractivity contribution is -0.130. The van der Waals surface area contributed by atoms with Crippen LogP contribution < -0.4 is 5.32 Å². The minimum absolute atomic E-state index is 0.0116. The van der Waals surface area contributed by atoms with Crippen LogP contribution in [0.2, 0.25) is 0 Å². The molecule has 1 N–H and O–H groups in total. The Morgan fingerprint density at radius 2 is 1.61 bits per heavy atom. The zero-order valence-electron chi connectivity index (χ0n) is 18.8. The van der Waals surface area contributed by atoms with Crippen LogP contribution in [0.15, 0.2) is 47.1 Å². The Bertz CT molecular complexity index is 1180. The lowest BCUT2D eigenvalue weighted by Crippen LogP contribution is -2.42. The standard InChI is InChI=1S/C24H29N5O2/c1-16-10-20(28(4)26-16)13-24(3,14-21-11-17(2)27-29(21)5)23(30)25-15-18-6-7-22-19(12-18)8-9-31-22/h6-12H,13-15H2,1-5H3,(H,25,30). The predicted octanol–water partition coefficient (Wildman–Crippen LogP) is 3.62. The molecular formula is C24H29N5O2. The molecule has 0 saturated heterocycles. The normalized spacial score (nSPS) is 11.9. The third-order valence-corrected chi connectivity index (χ3v) is 5.86. The Hall–Kier alpha value is -3.35. The molecule has 0 aliphatic rings. The van der Waals surface area contributed by atoms with Gasteiger partial charge in [-0.25, -0.2) is 0 Å². The molecule has 31 heavy (non-hydrogen) atoms. The van der Waals surface area contributed by atoms with Crippen molar-refractivity contribution in [1.82, 2.24) is 24.9 Å². The molecule has 0 spiro atoms. The highest BCUT2D eigenvalue weighted by atomic mass is 16.3. The molecule has 4 rings (SSSR count). The number of rotatable bonds is 7. The fourth-order valence-corrected chi connectivity index (χ4v) is 4.20. The number of benzene rings is 1. The summed E-state index contributed by atoms with van der Waals surface area (Å²) in [6, 6.07) is 12.0. The predicted molar refractivity (Wildman–Crippen MR) is 119 cm³/mol. The van der Waals surface area contributed by atoms with Crippen LogP contribution in [0.1, 0.15) is 35.3 Å². The van der Waals surface area contributed by atoms with Gasteiger partial charge in [-0.15, -0.1) is 0 Å². The van der Waals surface area contributed by atoms with E-state index in [0.29, 0.717) is 19.4 Å². The van der Waals surface area contributed by atoms with Gasteiger partial charge in [0.2, 0.25) is 5.91 Å². The molecule has 1 amide bonds. The number of nitrogens with one attached hydrogen (secondary N) is 1. The van der Waals surface area contributed by atoms with Crippen molar-refractivity contribution in [2.75, 3.05) is 0 Å². The lowest BCUT2D eigenvalue weighted by atomic mass is 9.79. The highest BCUT2D eigenvalue weighted by Gasteiger charge is 2.35. The first kappa shape index (κ1) is 20.9. The van der Waals surface area contributed by atoms with Gasteiger partial charge in [-0.2, -0.15) is 10.2 Å². The summed E-state index contributed by atoms with van der Waals surface area (Å²) in [5.74, 6) is 0.0116. The van der Waals surface area contributed by atoms with Gasteiger partial charge in [-0.3, -0.25) is 14.2 Å². The maximum atomic E-state index is 13.5. The SMILES string of the molecule is Cc1cc(CC(C)(Cc2cc(C)nn2C)C(=O)NCc2ccc3occc3c2)n(C)n1. The molecule has 0 aliphatic carbocycles. The topological polar surface area (TPSA) is 77.9 Å². The maximum Gasteiger partial charge on any atom is 0.226 e. The Kier molecular flexibility index (Phi) is 5.43.